The van der Waals surface area contributed by atoms with Gasteiger partial charge < -0.3 is 9.47 Å². The zero-order valence-corrected chi connectivity index (χ0v) is 16.6. The van der Waals surface area contributed by atoms with E-state index in [1.54, 1.807) is 16.1 Å². The first kappa shape index (κ1) is 19.2. The Morgan fingerprint density at radius 1 is 1.26 bits per heavy atom. The number of methoxy groups -OCH3 is 1. The van der Waals surface area contributed by atoms with E-state index in [4.69, 9.17) is 9.47 Å². The smallest absolute Gasteiger partial charge is 0.217 e. The maximum absolute atomic E-state index is 12.9. The maximum atomic E-state index is 12.9. The first-order valence-corrected chi connectivity index (χ1v) is 11.2. The third-order valence-corrected chi connectivity index (χ3v) is 8.16. The van der Waals surface area contributed by atoms with E-state index in [2.05, 4.69) is 20.4 Å². The van der Waals surface area contributed by atoms with E-state index in [1.807, 2.05) is 0 Å². The molecule has 1 aromatic heterocycles. The highest BCUT2D eigenvalue weighted by atomic mass is 32.2. The summed E-state index contributed by atoms with van der Waals surface area (Å²) in [4.78, 5) is 2.32. The Hall–Kier alpha value is -1.14. The van der Waals surface area contributed by atoms with Crippen LogP contribution < -0.4 is 0 Å². The highest BCUT2D eigenvalue weighted by Crippen LogP contribution is 2.40. The lowest BCUT2D eigenvalue weighted by molar-refractivity contribution is -0.0508. The van der Waals surface area contributed by atoms with Crippen molar-refractivity contribution in [2.45, 2.75) is 43.0 Å². The highest BCUT2D eigenvalue weighted by Gasteiger charge is 2.51. The quantitative estimate of drug-likeness (QED) is 0.600. The second-order valence-corrected chi connectivity index (χ2v) is 9.74. The standard InChI is InChI=1S/C16H28N6O4S/c1-25-10-9-22-15(17-18-19-22)16(20-7-11-26-12-8-20)5-2-6-21(13-16)27(23,24)14-3-4-14/h14H,2-13H2,1H3. The van der Waals surface area contributed by atoms with Gasteiger partial charge in [0.1, 0.15) is 0 Å². The number of ether oxygens (including phenoxy) is 2. The summed E-state index contributed by atoms with van der Waals surface area (Å²) in [6.07, 6.45) is 3.17. The second kappa shape index (κ2) is 7.70. The average molecular weight is 401 g/mol. The van der Waals surface area contributed by atoms with Gasteiger partial charge in [-0.1, -0.05) is 0 Å². The number of tetrazole rings is 1. The van der Waals surface area contributed by atoms with Crippen LogP contribution in [0.3, 0.4) is 0 Å². The first-order valence-electron chi connectivity index (χ1n) is 9.65. The third-order valence-electron chi connectivity index (χ3n) is 5.81. The Kier molecular flexibility index (Phi) is 5.48. The number of rotatable bonds is 7. The topological polar surface area (TPSA) is 103 Å². The molecular weight excluding hydrogens is 372 g/mol. The fourth-order valence-corrected chi connectivity index (χ4v) is 6.16. The lowest BCUT2D eigenvalue weighted by atomic mass is 9.86. The molecule has 4 rings (SSSR count). The second-order valence-electron chi connectivity index (χ2n) is 7.53. The predicted molar refractivity (Wildman–Crippen MR) is 96.5 cm³/mol. The summed E-state index contributed by atoms with van der Waals surface area (Å²) in [5, 5.41) is 12.2. The first-order chi connectivity index (χ1) is 13.1. The number of sulfonamides is 1. The molecule has 0 spiro atoms. The van der Waals surface area contributed by atoms with Gasteiger partial charge in [0.05, 0.1) is 37.2 Å². The average Bonchev–Trinajstić information content (AvgIpc) is 3.46. The number of piperidine rings is 1. The van der Waals surface area contributed by atoms with Crippen LogP contribution in [-0.4, -0.2) is 96.2 Å². The number of aromatic nitrogens is 4. The van der Waals surface area contributed by atoms with E-state index in [9.17, 15) is 8.42 Å². The Balaban J connectivity index is 1.69. The van der Waals surface area contributed by atoms with Crippen molar-refractivity contribution in [2.24, 2.45) is 0 Å². The van der Waals surface area contributed by atoms with Crippen LogP contribution in [0.1, 0.15) is 31.5 Å². The van der Waals surface area contributed by atoms with E-state index in [-0.39, 0.29) is 5.25 Å². The van der Waals surface area contributed by atoms with Crippen molar-refractivity contribution in [3.05, 3.63) is 5.82 Å². The van der Waals surface area contributed by atoms with Crippen LogP contribution in [0.4, 0.5) is 0 Å². The van der Waals surface area contributed by atoms with Crippen molar-refractivity contribution in [3.8, 4) is 0 Å². The van der Waals surface area contributed by atoms with Crippen molar-refractivity contribution < 1.29 is 17.9 Å². The lowest BCUT2D eigenvalue weighted by Crippen LogP contribution is -2.61. The molecule has 3 heterocycles. The van der Waals surface area contributed by atoms with Gasteiger partial charge in [-0.3, -0.25) is 4.90 Å². The van der Waals surface area contributed by atoms with E-state index in [0.29, 0.717) is 39.5 Å². The Bertz CT molecular complexity index is 746. The molecule has 27 heavy (non-hydrogen) atoms. The largest absolute Gasteiger partial charge is 0.383 e. The maximum Gasteiger partial charge on any atom is 0.217 e. The minimum atomic E-state index is -3.25. The van der Waals surface area contributed by atoms with Gasteiger partial charge in [-0.15, -0.1) is 5.10 Å². The molecule has 10 nitrogen and oxygen atoms in total. The number of morpholine rings is 1. The van der Waals surface area contributed by atoms with Crippen LogP contribution in [-0.2, 0) is 31.6 Å². The molecule has 2 saturated heterocycles. The Morgan fingerprint density at radius 3 is 2.74 bits per heavy atom. The summed E-state index contributed by atoms with van der Waals surface area (Å²) >= 11 is 0. The Morgan fingerprint density at radius 2 is 2.04 bits per heavy atom. The van der Waals surface area contributed by atoms with Gasteiger partial charge in [-0.2, -0.15) is 4.31 Å². The molecule has 152 valence electrons. The molecule has 1 saturated carbocycles. The van der Waals surface area contributed by atoms with Gasteiger partial charge in [-0.05, 0) is 36.1 Å². The molecule has 2 aliphatic heterocycles. The molecule has 1 aromatic rings. The molecule has 0 radical (unpaired) electrons. The molecule has 1 aliphatic carbocycles. The minimum absolute atomic E-state index is 0.206. The zero-order valence-electron chi connectivity index (χ0n) is 15.8. The monoisotopic (exact) mass is 400 g/mol. The molecule has 0 bridgehead atoms. The van der Waals surface area contributed by atoms with Crippen molar-refractivity contribution in [3.63, 3.8) is 0 Å². The normalized spacial score (nSPS) is 28.5. The van der Waals surface area contributed by atoms with E-state index >= 15 is 0 Å². The molecule has 1 atom stereocenters. The van der Waals surface area contributed by atoms with Gasteiger partial charge in [0.25, 0.3) is 0 Å². The number of nitrogens with zero attached hydrogens (tertiary/aromatic N) is 6. The van der Waals surface area contributed by atoms with Crippen LogP contribution in [0.25, 0.3) is 0 Å². The van der Waals surface area contributed by atoms with Gasteiger partial charge in [0, 0.05) is 33.3 Å². The molecule has 1 unspecified atom stereocenters. The van der Waals surface area contributed by atoms with Crippen molar-refractivity contribution in [2.75, 3.05) is 53.1 Å². The predicted octanol–water partition coefficient (Wildman–Crippen LogP) is -0.565. The van der Waals surface area contributed by atoms with E-state index in [1.165, 1.54) is 0 Å². The SMILES string of the molecule is COCCn1nnnc1C1(N2CCOCC2)CCCN(S(=O)(=O)C2CC2)C1. The third kappa shape index (κ3) is 3.63. The van der Waals surface area contributed by atoms with Crippen molar-refractivity contribution in [1.82, 2.24) is 29.4 Å². The summed E-state index contributed by atoms with van der Waals surface area (Å²) in [6.45, 7) is 4.78. The Labute approximate surface area is 159 Å². The van der Waals surface area contributed by atoms with Crippen LogP contribution in [0.5, 0.6) is 0 Å². The van der Waals surface area contributed by atoms with Gasteiger partial charge in [0.2, 0.25) is 10.0 Å². The van der Waals surface area contributed by atoms with E-state index in [0.717, 1.165) is 44.6 Å². The molecule has 3 aliphatic rings. The highest BCUT2D eigenvalue weighted by molar-refractivity contribution is 7.90. The summed E-state index contributed by atoms with van der Waals surface area (Å²) < 4.78 is 40.1. The molecule has 0 amide bonds. The van der Waals surface area contributed by atoms with Crippen molar-refractivity contribution in [1.29, 1.82) is 0 Å². The van der Waals surface area contributed by atoms with Crippen LogP contribution in [0.2, 0.25) is 0 Å². The molecular formula is C16H28N6O4S. The van der Waals surface area contributed by atoms with Gasteiger partial charge in [-0.25, -0.2) is 13.1 Å². The fraction of sp³-hybridized carbons (Fsp3) is 0.938. The minimum Gasteiger partial charge on any atom is -0.383 e. The van der Waals surface area contributed by atoms with E-state index < -0.39 is 15.6 Å². The number of hydrogen-bond donors (Lipinski definition) is 0. The molecule has 0 aromatic carbocycles. The van der Waals surface area contributed by atoms with Crippen molar-refractivity contribution >= 4 is 10.0 Å². The van der Waals surface area contributed by atoms with Crippen LogP contribution >= 0.6 is 0 Å². The summed E-state index contributed by atoms with van der Waals surface area (Å²) in [6, 6.07) is 0. The molecule has 11 heteroatoms. The van der Waals surface area contributed by atoms with Gasteiger partial charge >= 0.3 is 0 Å². The zero-order chi connectivity index (χ0) is 18.9. The summed E-state index contributed by atoms with van der Waals surface area (Å²) in [7, 11) is -1.60. The lowest BCUT2D eigenvalue weighted by Gasteiger charge is -2.49. The van der Waals surface area contributed by atoms with Crippen LogP contribution in [0.15, 0.2) is 0 Å². The molecule has 3 fully saturated rings. The number of hydrogen-bond acceptors (Lipinski definition) is 8. The molecule has 0 N–H and O–H groups in total. The van der Waals surface area contributed by atoms with Gasteiger partial charge in [0.15, 0.2) is 5.82 Å². The summed E-state index contributed by atoms with van der Waals surface area (Å²) in [5.41, 5.74) is -0.527. The fourth-order valence-electron chi connectivity index (χ4n) is 4.23. The summed E-state index contributed by atoms with van der Waals surface area (Å²) in [5.74, 6) is 0.733. The van der Waals surface area contributed by atoms with Crippen LogP contribution in [0, 0.1) is 0 Å².